The Kier molecular flexibility index (Phi) is 6.74. The molecule has 8 heteroatoms. The van der Waals surface area contributed by atoms with E-state index in [1.54, 1.807) is 6.08 Å². The fourth-order valence-electron chi connectivity index (χ4n) is 3.20. The summed E-state index contributed by atoms with van der Waals surface area (Å²) in [4.78, 5) is 12.4. The zero-order valence-corrected chi connectivity index (χ0v) is 17.1. The smallest absolute Gasteiger partial charge is 0.310 e. The Morgan fingerprint density at radius 1 is 1.22 bits per heavy atom. The Labute approximate surface area is 166 Å². The predicted octanol–water partition coefficient (Wildman–Crippen LogP) is 5.87. The summed E-state index contributed by atoms with van der Waals surface area (Å²) in [6, 6.07) is 0. The number of ether oxygens (including phenoxy) is 1. The molecule has 0 radical (unpaired) electrons. The second kappa shape index (κ2) is 8.31. The van der Waals surface area contributed by atoms with Crippen LogP contribution in [0.3, 0.4) is 0 Å². The molecule has 1 aromatic rings. The van der Waals surface area contributed by atoms with E-state index in [0.717, 1.165) is 6.92 Å². The van der Waals surface area contributed by atoms with E-state index in [-0.39, 0.29) is 21.7 Å². The third-order valence-electron chi connectivity index (χ3n) is 5.02. The topological polar surface area (TPSA) is 38.3 Å². The van der Waals surface area contributed by atoms with E-state index in [4.69, 9.17) is 27.9 Å². The molecule has 0 spiro atoms. The third-order valence-corrected chi connectivity index (χ3v) is 5.27. The number of hydrogen-bond donors (Lipinski definition) is 1. The monoisotopic (exact) mass is 423 g/mol. The predicted molar refractivity (Wildman–Crippen MR) is 100 cm³/mol. The van der Waals surface area contributed by atoms with E-state index < -0.39 is 46.9 Å². The Hall–Kier alpha value is -1.40. The molecule has 0 heterocycles. The molecule has 2 rings (SSSR count). The summed E-state index contributed by atoms with van der Waals surface area (Å²) in [5.74, 6) is -4.74. The molecule has 0 saturated heterocycles. The van der Waals surface area contributed by atoms with Crippen LogP contribution in [0.15, 0.2) is 10.6 Å². The minimum absolute atomic E-state index is 0.0446. The zero-order chi connectivity index (χ0) is 20.5. The van der Waals surface area contributed by atoms with Crippen molar-refractivity contribution in [3.63, 3.8) is 0 Å². The average molecular weight is 424 g/mol. The maximum Gasteiger partial charge on any atom is 0.310 e. The number of benzene rings is 1. The molecule has 27 heavy (non-hydrogen) atoms. The zero-order valence-electron chi connectivity index (χ0n) is 15.6. The van der Waals surface area contributed by atoms with E-state index in [2.05, 4.69) is 5.32 Å². The molecule has 1 N–H and O–H groups in total. The highest BCUT2D eigenvalue weighted by Gasteiger charge is 2.61. The Balaban J connectivity index is 2.23. The van der Waals surface area contributed by atoms with Gasteiger partial charge in [0, 0.05) is 12.1 Å². The van der Waals surface area contributed by atoms with Gasteiger partial charge in [0.1, 0.15) is 11.1 Å². The lowest BCUT2D eigenvalue weighted by molar-refractivity contribution is -0.147. The number of hydrogen-bond acceptors (Lipinski definition) is 3. The SMILES string of the molecule is CCCNc1c(F)c(C)c(F)c(F)c1COC(=O)[C@H]1[C@H](C=C(Cl)Cl)C1(C)C. The van der Waals surface area contributed by atoms with Gasteiger partial charge < -0.3 is 10.1 Å². The van der Waals surface area contributed by atoms with Crippen LogP contribution < -0.4 is 5.32 Å². The summed E-state index contributed by atoms with van der Waals surface area (Å²) in [5, 5.41) is 2.74. The summed E-state index contributed by atoms with van der Waals surface area (Å²) >= 11 is 11.3. The van der Waals surface area contributed by atoms with Gasteiger partial charge in [0.15, 0.2) is 17.5 Å². The number of rotatable bonds is 7. The van der Waals surface area contributed by atoms with Gasteiger partial charge in [-0.1, -0.05) is 44.0 Å². The minimum atomic E-state index is -1.29. The number of carbonyl (C=O) groups excluding carboxylic acids is 1. The second-order valence-electron chi connectivity index (χ2n) is 7.24. The van der Waals surface area contributed by atoms with E-state index in [1.807, 2.05) is 20.8 Å². The first-order valence-electron chi connectivity index (χ1n) is 8.63. The summed E-state index contributed by atoms with van der Waals surface area (Å²) in [5.41, 5.74) is -1.38. The molecular formula is C19H22Cl2F3NO2. The Morgan fingerprint density at radius 2 is 1.85 bits per heavy atom. The van der Waals surface area contributed by atoms with Crippen LogP contribution in [0, 0.1) is 41.6 Å². The molecule has 1 saturated carbocycles. The van der Waals surface area contributed by atoms with Crippen molar-refractivity contribution in [1.82, 2.24) is 0 Å². The number of anilines is 1. The average Bonchev–Trinajstić information content (AvgIpc) is 3.13. The van der Waals surface area contributed by atoms with Gasteiger partial charge in [-0.3, -0.25) is 4.79 Å². The molecule has 2 atom stereocenters. The van der Waals surface area contributed by atoms with E-state index in [0.29, 0.717) is 13.0 Å². The third kappa shape index (κ3) is 4.37. The maximum absolute atomic E-state index is 14.4. The van der Waals surface area contributed by atoms with E-state index in [9.17, 15) is 18.0 Å². The van der Waals surface area contributed by atoms with Gasteiger partial charge >= 0.3 is 5.97 Å². The van der Waals surface area contributed by atoms with Crippen molar-refractivity contribution in [3.05, 3.63) is 39.1 Å². The van der Waals surface area contributed by atoms with Crippen molar-refractivity contribution in [3.8, 4) is 0 Å². The summed E-state index contributed by atoms with van der Waals surface area (Å²) in [6.45, 7) is 6.47. The standard InChI is InChI=1S/C19H22Cl2F3NO2/c1-5-6-25-17-10(16(24)14(22)9(2)15(17)23)8-27-18(26)13-11(7-12(20)21)19(13,3)4/h7,11,13,25H,5-6,8H2,1-4H3/t11-,13+/m0/s1. The number of allylic oxidation sites excluding steroid dienone is 1. The van der Waals surface area contributed by atoms with Crippen molar-refractivity contribution < 1.29 is 22.7 Å². The maximum atomic E-state index is 14.4. The van der Waals surface area contributed by atoms with E-state index >= 15 is 0 Å². The molecule has 1 fully saturated rings. The quantitative estimate of drug-likeness (QED) is 0.440. The molecule has 1 aromatic carbocycles. The summed E-state index contributed by atoms with van der Waals surface area (Å²) in [6.07, 6.45) is 2.20. The first-order valence-corrected chi connectivity index (χ1v) is 9.38. The van der Waals surface area contributed by atoms with Crippen LogP contribution in [-0.4, -0.2) is 12.5 Å². The van der Waals surface area contributed by atoms with Gasteiger partial charge in [-0.25, -0.2) is 13.2 Å². The van der Waals surface area contributed by atoms with Crippen molar-refractivity contribution in [2.24, 2.45) is 17.3 Å². The molecule has 0 aliphatic heterocycles. The first kappa shape index (κ1) is 21.9. The van der Waals surface area contributed by atoms with Crippen LogP contribution >= 0.6 is 23.2 Å². The van der Waals surface area contributed by atoms with Crippen molar-refractivity contribution in [1.29, 1.82) is 0 Å². The highest BCUT2D eigenvalue weighted by atomic mass is 35.5. The van der Waals surface area contributed by atoms with Crippen LogP contribution in [0.1, 0.15) is 38.3 Å². The van der Waals surface area contributed by atoms with E-state index in [1.165, 1.54) is 0 Å². The largest absolute Gasteiger partial charge is 0.460 e. The fraction of sp³-hybridized carbons (Fsp3) is 0.526. The van der Waals surface area contributed by atoms with Crippen molar-refractivity contribution >= 4 is 34.9 Å². The number of carbonyl (C=O) groups is 1. The van der Waals surface area contributed by atoms with Gasteiger partial charge in [-0.2, -0.15) is 0 Å². The highest BCUT2D eigenvalue weighted by molar-refractivity contribution is 6.55. The lowest BCUT2D eigenvalue weighted by atomic mass is 10.1. The molecular weight excluding hydrogens is 402 g/mol. The van der Waals surface area contributed by atoms with Gasteiger partial charge in [0.05, 0.1) is 17.2 Å². The lowest BCUT2D eigenvalue weighted by Crippen LogP contribution is -2.15. The first-order chi connectivity index (χ1) is 12.5. The van der Waals surface area contributed by atoms with Crippen molar-refractivity contribution in [2.75, 3.05) is 11.9 Å². The second-order valence-corrected chi connectivity index (χ2v) is 8.24. The van der Waals surface area contributed by atoms with Crippen LogP contribution in [-0.2, 0) is 16.1 Å². The van der Waals surface area contributed by atoms with Crippen LogP contribution in [0.5, 0.6) is 0 Å². The molecule has 1 aliphatic rings. The Morgan fingerprint density at radius 3 is 2.41 bits per heavy atom. The van der Waals surface area contributed by atoms with Gasteiger partial charge in [0.2, 0.25) is 0 Å². The molecule has 0 bridgehead atoms. The normalized spacial score (nSPS) is 20.2. The molecule has 1 aliphatic carbocycles. The molecule has 0 aromatic heterocycles. The molecule has 150 valence electrons. The van der Waals surface area contributed by atoms with Gasteiger partial charge in [-0.05, 0) is 30.8 Å². The Bertz CT molecular complexity index is 777. The molecule has 3 nitrogen and oxygen atoms in total. The van der Waals surface area contributed by atoms with Crippen LogP contribution in [0.25, 0.3) is 0 Å². The lowest BCUT2D eigenvalue weighted by Gasteiger charge is -2.16. The van der Waals surface area contributed by atoms with Crippen LogP contribution in [0.4, 0.5) is 18.9 Å². The number of nitrogens with one attached hydrogen (secondary N) is 1. The highest BCUT2D eigenvalue weighted by Crippen LogP contribution is 2.60. The fourth-order valence-corrected chi connectivity index (χ4v) is 3.47. The van der Waals surface area contributed by atoms with Gasteiger partial charge in [0.25, 0.3) is 0 Å². The van der Waals surface area contributed by atoms with Crippen LogP contribution in [0.2, 0.25) is 0 Å². The van der Waals surface area contributed by atoms with Gasteiger partial charge in [-0.15, -0.1) is 0 Å². The molecule has 0 amide bonds. The molecule has 0 unspecified atom stereocenters. The summed E-state index contributed by atoms with van der Waals surface area (Å²) < 4.78 is 48.0. The van der Waals surface area contributed by atoms with Crippen molar-refractivity contribution in [2.45, 2.75) is 40.7 Å². The summed E-state index contributed by atoms with van der Waals surface area (Å²) in [7, 11) is 0. The number of halogens is 5. The minimum Gasteiger partial charge on any atom is -0.460 e. The number of esters is 1.